The van der Waals surface area contributed by atoms with Gasteiger partial charge in [0.15, 0.2) is 11.5 Å². The Bertz CT molecular complexity index is 794. The van der Waals surface area contributed by atoms with Crippen LogP contribution < -0.4 is 14.4 Å². The van der Waals surface area contributed by atoms with E-state index in [1.807, 2.05) is 26.8 Å². The molecule has 0 radical (unpaired) electrons. The monoisotopic (exact) mass is 346 g/mol. The van der Waals surface area contributed by atoms with Crippen molar-refractivity contribution < 1.29 is 19.0 Å². The number of rotatable bonds is 2. The van der Waals surface area contributed by atoms with Crippen molar-refractivity contribution in [3.63, 3.8) is 0 Å². The molecular formula is C17H22N4O4. The van der Waals surface area contributed by atoms with Gasteiger partial charge in [-0.1, -0.05) is 5.21 Å². The highest BCUT2D eigenvalue weighted by Crippen LogP contribution is 2.38. The number of carbonyl (C=O) groups is 1. The lowest BCUT2D eigenvalue weighted by Gasteiger charge is -2.27. The molecule has 1 aromatic carbocycles. The van der Waals surface area contributed by atoms with Crippen LogP contribution in [0.4, 0.5) is 10.5 Å². The van der Waals surface area contributed by atoms with E-state index in [1.165, 1.54) is 0 Å². The molecule has 0 fully saturated rings. The van der Waals surface area contributed by atoms with Crippen LogP contribution >= 0.6 is 0 Å². The first-order valence-electron chi connectivity index (χ1n) is 7.95. The number of ether oxygens (including phenoxy) is 3. The van der Waals surface area contributed by atoms with Crippen LogP contribution in [0.3, 0.4) is 0 Å². The van der Waals surface area contributed by atoms with E-state index < -0.39 is 11.7 Å². The first-order chi connectivity index (χ1) is 11.8. The third kappa shape index (κ3) is 3.38. The van der Waals surface area contributed by atoms with Gasteiger partial charge in [-0.25, -0.2) is 9.48 Å². The minimum atomic E-state index is -0.599. The molecule has 2 aromatic rings. The Balaban J connectivity index is 2.11. The molecule has 8 nitrogen and oxygen atoms in total. The quantitative estimate of drug-likeness (QED) is 0.832. The predicted octanol–water partition coefficient (Wildman–Crippen LogP) is 2.60. The molecule has 0 unspecified atom stereocenters. The molecule has 3 rings (SSSR count). The van der Waals surface area contributed by atoms with Gasteiger partial charge in [0, 0.05) is 11.6 Å². The summed E-state index contributed by atoms with van der Waals surface area (Å²) < 4.78 is 18.1. The van der Waals surface area contributed by atoms with Gasteiger partial charge >= 0.3 is 6.09 Å². The molecule has 1 aliphatic heterocycles. The number of benzene rings is 1. The number of hydrogen-bond acceptors (Lipinski definition) is 6. The smallest absolute Gasteiger partial charge is 0.415 e. The topological polar surface area (TPSA) is 78.7 Å². The van der Waals surface area contributed by atoms with Crippen LogP contribution in [-0.4, -0.2) is 40.9 Å². The summed E-state index contributed by atoms with van der Waals surface area (Å²) >= 11 is 0. The SMILES string of the molecule is COc1cc2c(cc1OC)N(C(=O)OC(C)(C)C)Cc1cnnn1C2. The summed E-state index contributed by atoms with van der Waals surface area (Å²) in [6.07, 6.45) is 1.22. The average Bonchev–Trinajstić information content (AvgIpc) is 2.91. The number of nitrogens with zero attached hydrogens (tertiary/aromatic N) is 4. The molecule has 0 atom stereocenters. The Morgan fingerprint density at radius 3 is 2.44 bits per heavy atom. The van der Waals surface area contributed by atoms with Gasteiger partial charge in [0.1, 0.15) is 5.60 Å². The van der Waals surface area contributed by atoms with Crippen LogP contribution in [0.2, 0.25) is 0 Å². The molecule has 25 heavy (non-hydrogen) atoms. The summed E-state index contributed by atoms with van der Waals surface area (Å²) in [6.45, 7) is 6.30. The number of methoxy groups -OCH3 is 2. The van der Waals surface area contributed by atoms with Crippen molar-refractivity contribution in [3.8, 4) is 11.5 Å². The fourth-order valence-corrected chi connectivity index (χ4v) is 2.71. The van der Waals surface area contributed by atoms with Crippen LogP contribution in [0.15, 0.2) is 18.3 Å². The summed E-state index contributed by atoms with van der Waals surface area (Å²) in [7, 11) is 3.14. The maximum atomic E-state index is 12.8. The third-order valence-corrected chi connectivity index (χ3v) is 3.83. The molecule has 0 N–H and O–H groups in total. The first kappa shape index (κ1) is 17.1. The zero-order valence-corrected chi connectivity index (χ0v) is 15.1. The molecule has 1 amide bonds. The number of carbonyl (C=O) groups excluding carboxylic acids is 1. The second-order valence-electron chi connectivity index (χ2n) is 6.79. The number of anilines is 1. The van der Waals surface area contributed by atoms with Crippen molar-refractivity contribution >= 4 is 11.8 Å². The molecule has 0 spiro atoms. The summed E-state index contributed by atoms with van der Waals surface area (Å²) in [5, 5.41) is 8.04. The molecule has 1 aromatic heterocycles. The van der Waals surface area contributed by atoms with E-state index in [4.69, 9.17) is 14.2 Å². The fraction of sp³-hybridized carbons (Fsp3) is 0.471. The van der Waals surface area contributed by atoms with Crippen LogP contribution in [0.5, 0.6) is 11.5 Å². The van der Waals surface area contributed by atoms with Crippen LogP contribution in [-0.2, 0) is 17.8 Å². The first-order valence-corrected chi connectivity index (χ1v) is 7.95. The highest BCUT2D eigenvalue weighted by molar-refractivity contribution is 5.89. The minimum absolute atomic E-state index is 0.310. The fourth-order valence-electron chi connectivity index (χ4n) is 2.71. The Hall–Kier alpha value is -2.77. The van der Waals surface area contributed by atoms with E-state index in [0.29, 0.717) is 30.3 Å². The van der Waals surface area contributed by atoms with Gasteiger partial charge in [-0.15, -0.1) is 5.10 Å². The van der Waals surface area contributed by atoms with E-state index in [2.05, 4.69) is 10.3 Å². The van der Waals surface area contributed by atoms with Crippen molar-refractivity contribution in [1.29, 1.82) is 0 Å². The Morgan fingerprint density at radius 1 is 1.12 bits per heavy atom. The van der Waals surface area contributed by atoms with E-state index in [0.717, 1.165) is 11.3 Å². The van der Waals surface area contributed by atoms with Crippen molar-refractivity contribution in [2.45, 2.75) is 39.5 Å². The summed E-state index contributed by atoms with van der Waals surface area (Å²) in [5.74, 6) is 1.14. The van der Waals surface area contributed by atoms with Gasteiger partial charge in [0.05, 0.1) is 44.9 Å². The normalized spacial score (nSPS) is 13.6. The van der Waals surface area contributed by atoms with E-state index in [9.17, 15) is 4.79 Å². The summed E-state index contributed by atoms with van der Waals surface area (Å²) in [4.78, 5) is 14.4. The van der Waals surface area contributed by atoms with Crippen LogP contribution in [0.1, 0.15) is 32.0 Å². The molecule has 2 heterocycles. The van der Waals surface area contributed by atoms with E-state index in [1.54, 1.807) is 36.1 Å². The molecule has 8 heteroatoms. The lowest BCUT2D eigenvalue weighted by molar-refractivity contribution is 0.0577. The molecule has 0 bridgehead atoms. The Morgan fingerprint density at radius 2 is 1.80 bits per heavy atom. The standard InChI is InChI=1S/C17H22N4O4/c1-17(2,3)25-16(22)20-10-12-8-18-19-21(12)9-11-6-14(23-4)15(24-5)7-13(11)20/h6-8H,9-10H2,1-5H3. The molecule has 134 valence electrons. The number of hydrogen-bond donors (Lipinski definition) is 0. The van der Waals surface area contributed by atoms with Gasteiger partial charge in [-0.05, 0) is 26.8 Å². The second kappa shape index (κ2) is 6.27. The van der Waals surface area contributed by atoms with Gasteiger partial charge in [-0.3, -0.25) is 4.90 Å². The lowest BCUT2D eigenvalue weighted by Crippen LogP contribution is -2.36. The molecule has 0 saturated carbocycles. The molecule has 0 aliphatic carbocycles. The zero-order chi connectivity index (χ0) is 18.2. The van der Waals surface area contributed by atoms with Crippen LogP contribution in [0.25, 0.3) is 0 Å². The van der Waals surface area contributed by atoms with Crippen molar-refractivity contribution in [1.82, 2.24) is 15.0 Å². The van der Waals surface area contributed by atoms with Crippen molar-refractivity contribution in [2.75, 3.05) is 19.1 Å². The Labute approximate surface area is 146 Å². The van der Waals surface area contributed by atoms with Gasteiger partial charge < -0.3 is 14.2 Å². The highest BCUT2D eigenvalue weighted by Gasteiger charge is 2.30. The number of aromatic nitrogens is 3. The maximum Gasteiger partial charge on any atom is 0.415 e. The van der Waals surface area contributed by atoms with Gasteiger partial charge in [0.25, 0.3) is 0 Å². The molecule has 0 saturated heterocycles. The van der Waals surface area contributed by atoms with Gasteiger partial charge in [0.2, 0.25) is 0 Å². The molecule has 1 aliphatic rings. The van der Waals surface area contributed by atoms with Crippen molar-refractivity contribution in [3.05, 3.63) is 29.6 Å². The average molecular weight is 346 g/mol. The predicted molar refractivity (Wildman–Crippen MR) is 91.1 cm³/mol. The molecular weight excluding hydrogens is 324 g/mol. The maximum absolute atomic E-state index is 12.8. The van der Waals surface area contributed by atoms with Crippen molar-refractivity contribution in [2.24, 2.45) is 0 Å². The zero-order valence-electron chi connectivity index (χ0n) is 15.1. The summed E-state index contributed by atoms with van der Waals surface area (Å²) in [6, 6.07) is 3.64. The summed E-state index contributed by atoms with van der Waals surface area (Å²) in [5.41, 5.74) is 1.80. The van der Waals surface area contributed by atoms with Gasteiger partial charge in [-0.2, -0.15) is 0 Å². The number of fused-ring (bicyclic) bond motifs is 2. The minimum Gasteiger partial charge on any atom is -0.493 e. The lowest BCUT2D eigenvalue weighted by atomic mass is 10.1. The third-order valence-electron chi connectivity index (χ3n) is 3.83. The van der Waals surface area contributed by atoms with E-state index >= 15 is 0 Å². The largest absolute Gasteiger partial charge is 0.493 e. The Kier molecular flexibility index (Phi) is 4.28. The van der Waals surface area contributed by atoms with E-state index in [-0.39, 0.29) is 0 Å². The van der Waals surface area contributed by atoms with Crippen LogP contribution in [0, 0.1) is 0 Å². The number of amides is 1. The highest BCUT2D eigenvalue weighted by atomic mass is 16.6. The second-order valence-corrected chi connectivity index (χ2v) is 6.79.